The topological polar surface area (TPSA) is 43.1 Å². The van der Waals surface area contributed by atoms with Gasteiger partial charge < -0.3 is 5.73 Å². The smallest absolute Gasteiger partial charge is 0.163 e. The summed E-state index contributed by atoms with van der Waals surface area (Å²) in [6.07, 6.45) is 3.16. The SMILES string of the molecule is Cc1cc(N)ccc1C(=O)CC1CC1. The molecule has 0 unspecified atom stereocenters. The fourth-order valence-electron chi connectivity index (χ4n) is 1.69. The van der Waals surface area contributed by atoms with Crippen LogP contribution in [0.4, 0.5) is 5.69 Å². The molecule has 0 aliphatic heterocycles. The van der Waals surface area contributed by atoms with E-state index in [9.17, 15) is 4.79 Å². The van der Waals surface area contributed by atoms with E-state index >= 15 is 0 Å². The van der Waals surface area contributed by atoms with Gasteiger partial charge in [0, 0.05) is 17.7 Å². The molecule has 1 aliphatic rings. The van der Waals surface area contributed by atoms with Gasteiger partial charge in [0.1, 0.15) is 0 Å². The van der Waals surface area contributed by atoms with Crippen LogP contribution < -0.4 is 5.73 Å². The minimum Gasteiger partial charge on any atom is -0.399 e. The number of benzene rings is 1. The van der Waals surface area contributed by atoms with Gasteiger partial charge in [-0.05, 0) is 49.4 Å². The molecule has 14 heavy (non-hydrogen) atoms. The maximum absolute atomic E-state index is 11.8. The normalized spacial score (nSPS) is 15.5. The number of hydrogen-bond donors (Lipinski definition) is 1. The molecule has 74 valence electrons. The number of ketones is 1. The highest BCUT2D eigenvalue weighted by Crippen LogP contribution is 2.33. The van der Waals surface area contributed by atoms with Gasteiger partial charge in [-0.15, -0.1) is 0 Å². The summed E-state index contributed by atoms with van der Waals surface area (Å²) < 4.78 is 0. The Bertz CT molecular complexity index is 367. The molecule has 0 heterocycles. The van der Waals surface area contributed by atoms with Crippen LogP contribution in [0.15, 0.2) is 18.2 Å². The van der Waals surface area contributed by atoms with E-state index < -0.39 is 0 Å². The molecule has 2 N–H and O–H groups in total. The standard InChI is InChI=1S/C12H15NO/c1-8-6-10(13)4-5-11(8)12(14)7-9-2-3-9/h4-6,9H,2-3,7,13H2,1H3. The van der Waals surface area contributed by atoms with Crippen molar-refractivity contribution in [2.45, 2.75) is 26.2 Å². The third-order valence-electron chi connectivity index (χ3n) is 2.72. The zero-order valence-electron chi connectivity index (χ0n) is 8.42. The predicted octanol–water partition coefficient (Wildman–Crippen LogP) is 2.56. The Morgan fingerprint density at radius 2 is 2.21 bits per heavy atom. The molecular weight excluding hydrogens is 174 g/mol. The lowest BCUT2D eigenvalue weighted by molar-refractivity contribution is 0.0975. The van der Waals surface area contributed by atoms with Crippen molar-refractivity contribution in [1.82, 2.24) is 0 Å². The Labute approximate surface area is 84.1 Å². The third-order valence-corrected chi connectivity index (χ3v) is 2.72. The van der Waals surface area contributed by atoms with Crippen LogP contribution in [0.5, 0.6) is 0 Å². The molecule has 0 bridgehead atoms. The van der Waals surface area contributed by atoms with Crippen LogP contribution in [-0.4, -0.2) is 5.78 Å². The summed E-state index contributed by atoms with van der Waals surface area (Å²) in [5.74, 6) is 0.921. The number of hydrogen-bond acceptors (Lipinski definition) is 2. The van der Waals surface area contributed by atoms with Crippen LogP contribution >= 0.6 is 0 Å². The summed E-state index contributed by atoms with van der Waals surface area (Å²) in [7, 11) is 0. The monoisotopic (exact) mass is 189 g/mol. The van der Waals surface area contributed by atoms with Crippen LogP contribution in [0.2, 0.25) is 0 Å². The molecule has 0 amide bonds. The van der Waals surface area contributed by atoms with Crippen molar-refractivity contribution < 1.29 is 4.79 Å². The highest BCUT2D eigenvalue weighted by Gasteiger charge is 2.25. The van der Waals surface area contributed by atoms with Gasteiger partial charge in [0.2, 0.25) is 0 Å². The number of carbonyl (C=O) groups is 1. The quantitative estimate of drug-likeness (QED) is 0.586. The van der Waals surface area contributed by atoms with Gasteiger partial charge in [-0.1, -0.05) is 0 Å². The molecule has 1 aliphatic carbocycles. The maximum atomic E-state index is 11.8. The van der Waals surface area contributed by atoms with Crippen molar-refractivity contribution in [3.05, 3.63) is 29.3 Å². The zero-order valence-corrected chi connectivity index (χ0v) is 8.42. The van der Waals surface area contributed by atoms with Crippen molar-refractivity contribution in [1.29, 1.82) is 0 Å². The van der Waals surface area contributed by atoms with Gasteiger partial charge in [-0.25, -0.2) is 0 Å². The first-order valence-electron chi connectivity index (χ1n) is 5.06. The summed E-state index contributed by atoms with van der Waals surface area (Å²) in [4.78, 5) is 11.8. The molecule has 1 saturated carbocycles. The molecule has 2 heteroatoms. The van der Waals surface area contributed by atoms with E-state index in [-0.39, 0.29) is 5.78 Å². The van der Waals surface area contributed by atoms with Gasteiger partial charge in [0.15, 0.2) is 5.78 Å². The van der Waals surface area contributed by atoms with Crippen molar-refractivity contribution in [3.8, 4) is 0 Å². The Morgan fingerprint density at radius 3 is 2.79 bits per heavy atom. The zero-order chi connectivity index (χ0) is 10.1. The summed E-state index contributed by atoms with van der Waals surface area (Å²) in [5.41, 5.74) is 8.19. The van der Waals surface area contributed by atoms with E-state index in [0.717, 1.165) is 16.8 Å². The molecule has 1 aromatic rings. The van der Waals surface area contributed by atoms with Gasteiger partial charge in [-0.3, -0.25) is 4.79 Å². The fourth-order valence-corrected chi connectivity index (χ4v) is 1.69. The van der Waals surface area contributed by atoms with E-state index in [1.54, 1.807) is 6.07 Å². The summed E-state index contributed by atoms with van der Waals surface area (Å²) >= 11 is 0. The Balaban J connectivity index is 2.17. The number of Topliss-reactive ketones (excluding diaryl/α,β-unsaturated/α-hetero) is 1. The minimum atomic E-state index is 0.269. The number of carbonyl (C=O) groups excluding carboxylic acids is 1. The van der Waals surface area contributed by atoms with E-state index in [1.165, 1.54) is 12.8 Å². The summed E-state index contributed by atoms with van der Waals surface area (Å²) in [6.45, 7) is 1.94. The lowest BCUT2D eigenvalue weighted by Gasteiger charge is -2.04. The first-order valence-corrected chi connectivity index (χ1v) is 5.06. The molecule has 2 rings (SSSR count). The van der Waals surface area contributed by atoms with E-state index in [0.29, 0.717) is 12.3 Å². The number of aryl methyl sites for hydroxylation is 1. The van der Waals surface area contributed by atoms with Gasteiger partial charge >= 0.3 is 0 Å². The Kier molecular flexibility index (Phi) is 2.28. The Morgan fingerprint density at radius 1 is 1.50 bits per heavy atom. The fraction of sp³-hybridized carbons (Fsp3) is 0.417. The molecule has 1 fully saturated rings. The molecule has 0 radical (unpaired) electrons. The first kappa shape index (κ1) is 9.25. The molecule has 1 aromatic carbocycles. The lowest BCUT2D eigenvalue weighted by Crippen LogP contribution is -2.03. The number of nitrogens with two attached hydrogens (primary N) is 1. The van der Waals surface area contributed by atoms with Gasteiger partial charge in [-0.2, -0.15) is 0 Å². The van der Waals surface area contributed by atoms with E-state index in [4.69, 9.17) is 5.73 Å². The summed E-state index contributed by atoms with van der Waals surface area (Å²) in [5, 5.41) is 0. The molecule has 0 saturated heterocycles. The molecule has 0 aromatic heterocycles. The van der Waals surface area contributed by atoms with Crippen molar-refractivity contribution in [3.63, 3.8) is 0 Å². The van der Waals surface area contributed by atoms with Crippen molar-refractivity contribution >= 4 is 11.5 Å². The molecule has 0 spiro atoms. The predicted molar refractivity (Wildman–Crippen MR) is 57.3 cm³/mol. The number of rotatable bonds is 3. The van der Waals surface area contributed by atoms with Crippen molar-refractivity contribution in [2.24, 2.45) is 5.92 Å². The molecule has 0 atom stereocenters. The molecule has 2 nitrogen and oxygen atoms in total. The Hall–Kier alpha value is -1.31. The third kappa shape index (κ3) is 1.95. The van der Waals surface area contributed by atoms with Crippen LogP contribution in [0.25, 0.3) is 0 Å². The highest BCUT2D eigenvalue weighted by atomic mass is 16.1. The number of nitrogen functional groups attached to an aromatic ring is 1. The minimum absolute atomic E-state index is 0.269. The van der Waals surface area contributed by atoms with Gasteiger partial charge in [0.05, 0.1) is 0 Å². The lowest BCUT2D eigenvalue weighted by atomic mass is 10.0. The second kappa shape index (κ2) is 3.45. The van der Waals surface area contributed by atoms with E-state index in [2.05, 4.69) is 0 Å². The number of anilines is 1. The van der Waals surface area contributed by atoms with Gasteiger partial charge in [0.25, 0.3) is 0 Å². The largest absolute Gasteiger partial charge is 0.399 e. The summed E-state index contributed by atoms with van der Waals surface area (Å²) in [6, 6.07) is 5.50. The maximum Gasteiger partial charge on any atom is 0.163 e. The van der Waals surface area contributed by atoms with Crippen LogP contribution in [-0.2, 0) is 0 Å². The van der Waals surface area contributed by atoms with E-state index in [1.807, 2.05) is 19.1 Å². The second-order valence-electron chi connectivity index (χ2n) is 4.15. The van der Waals surface area contributed by atoms with Crippen molar-refractivity contribution in [2.75, 3.05) is 5.73 Å². The highest BCUT2D eigenvalue weighted by molar-refractivity contribution is 5.98. The second-order valence-corrected chi connectivity index (χ2v) is 4.15. The van der Waals surface area contributed by atoms with Crippen LogP contribution in [0.1, 0.15) is 35.2 Å². The first-order chi connectivity index (χ1) is 6.66. The van der Waals surface area contributed by atoms with Crippen LogP contribution in [0, 0.1) is 12.8 Å². The molecular formula is C12H15NO. The average Bonchev–Trinajstić information content (AvgIpc) is 2.87. The average molecular weight is 189 g/mol. The van der Waals surface area contributed by atoms with Crippen LogP contribution in [0.3, 0.4) is 0 Å².